The molecule has 0 saturated carbocycles. The minimum atomic E-state index is -3.41. The number of aromatic nitrogens is 1. The van der Waals surface area contributed by atoms with Crippen molar-refractivity contribution in [1.82, 2.24) is 9.88 Å². The summed E-state index contributed by atoms with van der Waals surface area (Å²) in [6.07, 6.45) is 1.93. The zero-order valence-corrected chi connectivity index (χ0v) is 20.8. The van der Waals surface area contributed by atoms with Gasteiger partial charge in [0.1, 0.15) is 0 Å². The quantitative estimate of drug-likeness (QED) is 0.506. The van der Waals surface area contributed by atoms with Crippen molar-refractivity contribution in [2.24, 2.45) is 0 Å². The molecule has 176 valence electrons. The molecular formula is C24H29N3O4S2. The lowest BCUT2D eigenvalue weighted by Crippen LogP contribution is -2.39. The predicted molar refractivity (Wildman–Crippen MR) is 132 cm³/mol. The van der Waals surface area contributed by atoms with Crippen LogP contribution in [0.4, 0.5) is 5.13 Å². The minimum absolute atomic E-state index is 0.136. The third-order valence-electron chi connectivity index (χ3n) is 5.76. The molecule has 1 fully saturated rings. The maximum atomic E-state index is 13.6. The van der Waals surface area contributed by atoms with Gasteiger partial charge in [-0.2, -0.15) is 0 Å². The SMILES string of the molecule is Cc1cc(C)c2nc(N(CCCN3CCOCC3)C(=O)c3cccc(S(C)(=O)=O)c3)sc2c1. The Kier molecular flexibility index (Phi) is 7.13. The molecule has 1 saturated heterocycles. The molecule has 7 nitrogen and oxygen atoms in total. The normalized spacial score (nSPS) is 15.1. The van der Waals surface area contributed by atoms with Gasteiger partial charge in [0.25, 0.3) is 5.91 Å². The van der Waals surface area contributed by atoms with Crippen LogP contribution >= 0.6 is 11.3 Å². The number of rotatable bonds is 7. The van der Waals surface area contributed by atoms with Crippen LogP contribution in [0.5, 0.6) is 0 Å². The van der Waals surface area contributed by atoms with Crippen molar-refractivity contribution in [3.05, 3.63) is 53.1 Å². The van der Waals surface area contributed by atoms with Crippen LogP contribution < -0.4 is 4.90 Å². The molecule has 1 aliphatic heterocycles. The molecule has 1 aliphatic rings. The summed E-state index contributed by atoms with van der Waals surface area (Å²) in [5, 5.41) is 0.635. The molecule has 0 atom stereocenters. The summed E-state index contributed by atoms with van der Waals surface area (Å²) in [7, 11) is -3.41. The first-order valence-corrected chi connectivity index (χ1v) is 13.7. The van der Waals surface area contributed by atoms with E-state index < -0.39 is 9.84 Å². The van der Waals surface area contributed by atoms with Gasteiger partial charge in [-0.15, -0.1) is 0 Å². The number of thiazole rings is 1. The monoisotopic (exact) mass is 487 g/mol. The predicted octanol–water partition coefficient (Wildman–Crippen LogP) is 3.69. The van der Waals surface area contributed by atoms with E-state index in [0.29, 0.717) is 17.2 Å². The van der Waals surface area contributed by atoms with Crippen LogP contribution in [0.1, 0.15) is 27.9 Å². The fourth-order valence-electron chi connectivity index (χ4n) is 4.05. The number of benzene rings is 2. The van der Waals surface area contributed by atoms with E-state index in [1.807, 2.05) is 13.8 Å². The largest absolute Gasteiger partial charge is 0.379 e. The van der Waals surface area contributed by atoms with E-state index in [2.05, 4.69) is 17.0 Å². The molecule has 1 aromatic heterocycles. The molecule has 4 rings (SSSR count). The summed E-state index contributed by atoms with van der Waals surface area (Å²) in [5.41, 5.74) is 3.47. The van der Waals surface area contributed by atoms with E-state index >= 15 is 0 Å². The second-order valence-corrected chi connectivity index (χ2v) is 11.5. The highest BCUT2D eigenvalue weighted by molar-refractivity contribution is 7.90. The van der Waals surface area contributed by atoms with Gasteiger partial charge in [0.2, 0.25) is 0 Å². The minimum Gasteiger partial charge on any atom is -0.379 e. The standard InChI is InChI=1S/C24H29N3O4S2/c1-17-14-18(2)22-21(15-17)32-24(25-22)27(9-5-8-26-10-12-31-13-11-26)23(28)19-6-4-7-20(16-19)33(3,29)30/h4,6-7,14-16H,5,8-13H2,1-3H3. The van der Waals surface area contributed by atoms with Crippen molar-refractivity contribution in [1.29, 1.82) is 0 Å². The maximum absolute atomic E-state index is 13.6. The van der Waals surface area contributed by atoms with Crippen molar-refractivity contribution in [3.8, 4) is 0 Å². The Bertz CT molecular complexity index is 1260. The first-order valence-electron chi connectivity index (χ1n) is 11.0. The third-order valence-corrected chi connectivity index (χ3v) is 7.90. The van der Waals surface area contributed by atoms with Gasteiger partial charge in [0.05, 0.1) is 28.3 Å². The van der Waals surface area contributed by atoms with Gasteiger partial charge in [0, 0.05) is 38.0 Å². The maximum Gasteiger partial charge on any atom is 0.260 e. The van der Waals surface area contributed by atoms with Gasteiger partial charge in [-0.05, 0) is 55.7 Å². The van der Waals surface area contributed by atoms with Crippen LogP contribution in [-0.4, -0.2) is 69.9 Å². The topological polar surface area (TPSA) is 79.8 Å². The van der Waals surface area contributed by atoms with Crippen molar-refractivity contribution in [2.75, 3.05) is 50.5 Å². The lowest BCUT2D eigenvalue weighted by Gasteiger charge is -2.27. The summed E-state index contributed by atoms with van der Waals surface area (Å²) in [4.78, 5) is 22.6. The molecule has 33 heavy (non-hydrogen) atoms. The highest BCUT2D eigenvalue weighted by Gasteiger charge is 2.23. The van der Waals surface area contributed by atoms with Crippen molar-refractivity contribution >= 4 is 42.4 Å². The van der Waals surface area contributed by atoms with Gasteiger partial charge in [-0.3, -0.25) is 14.6 Å². The molecule has 0 radical (unpaired) electrons. The zero-order chi connectivity index (χ0) is 23.6. The Morgan fingerprint density at radius 1 is 1.18 bits per heavy atom. The van der Waals surface area contributed by atoms with E-state index in [0.717, 1.165) is 66.9 Å². The lowest BCUT2D eigenvalue weighted by atomic mass is 10.1. The van der Waals surface area contributed by atoms with Crippen LogP contribution in [-0.2, 0) is 14.6 Å². The molecule has 0 unspecified atom stereocenters. The van der Waals surface area contributed by atoms with Crippen molar-refractivity contribution in [3.63, 3.8) is 0 Å². The third kappa shape index (κ3) is 5.60. The second-order valence-electron chi connectivity index (χ2n) is 8.49. The Hall–Kier alpha value is -2.33. The van der Waals surface area contributed by atoms with Crippen LogP contribution in [0, 0.1) is 13.8 Å². The molecular weight excluding hydrogens is 458 g/mol. The highest BCUT2D eigenvalue weighted by Crippen LogP contribution is 2.32. The number of hydrogen-bond acceptors (Lipinski definition) is 7. The number of amides is 1. The number of carbonyl (C=O) groups excluding carboxylic acids is 1. The molecule has 0 N–H and O–H groups in total. The van der Waals surface area contributed by atoms with Gasteiger partial charge >= 0.3 is 0 Å². The van der Waals surface area contributed by atoms with Crippen molar-refractivity contribution in [2.45, 2.75) is 25.2 Å². The van der Waals surface area contributed by atoms with E-state index in [-0.39, 0.29) is 10.8 Å². The number of aryl methyl sites for hydroxylation is 2. The number of hydrogen-bond donors (Lipinski definition) is 0. The lowest BCUT2D eigenvalue weighted by molar-refractivity contribution is 0.0376. The van der Waals surface area contributed by atoms with E-state index in [4.69, 9.17) is 9.72 Å². The summed E-state index contributed by atoms with van der Waals surface area (Å²) < 4.78 is 30.5. The molecule has 1 amide bonds. The number of fused-ring (bicyclic) bond motifs is 1. The number of nitrogens with zero attached hydrogens (tertiary/aromatic N) is 3. The van der Waals surface area contributed by atoms with E-state index in [1.165, 1.54) is 23.5 Å². The Morgan fingerprint density at radius 2 is 1.94 bits per heavy atom. The summed E-state index contributed by atoms with van der Waals surface area (Å²) in [6, 6.07) is 10.4. The van der Waals surface area contributed by atoms with E-state index in [9.17, 15) is 13.2 Å². The highest BCUT2D eigenvalue weighted by atomic mass is 32.2. The average Bonchev–Trinajstić information content (AvgIpc) is 3.20. The molecule has 0 spiro atoms. The molecule has 0 bridgehead atoms. The van der Waals surface area contributed by atoms with Crippen LogP contribution in [0.15, 0.2) is 41.3 Å². The van der Waals surface area contributed by atoms with Gasteiger partial charge in [-0.1, -0.05) is 23.5 Å². The van der Waals surface area contributed by atoms with Crippen LogP contribution in [0.3, 0.4) is 0 Å². The molecule has 9 heteroatoms. The first kappa shape index (κ1) is 23.8. The summed E-state index contributed by atoms with van der Waals surface area (Å²) in [6.45, 7) is 8.69. The Labute approximate surface area is 198 Å². The number of ether oxygens (including phenoxy) is 1. The summed E-state index contributed by atoms with van der Waals surface area (Å²) in [5.74, 6) is -0.240. The zero-order valence-electron chi connectivity index (χ0n) is 19.2. The number of anilines is 1. The smallest absolute Gasteiger partial charge is 0.260 e. The average molecular weight is 488 g/mol. The molecule has 2 heterocycles. The fourth-order valence-corrected chi connectivity index (χ4v) is 5.88. The molecule has 3 aromatic rings. The fraction of sp³-hybridized carbons (Fsp3) is 0.417. The van der Waals surface area contributed by atoms with Gasteiger partial charge in [0.15, 0.2) is 15.0 Å². The molecule has 0 aliphatic carbocycles. The summed E-state index contributed by atoms with van der Waals surface area (Å²) >= 11 is 1.49. The second kappa shape index (κ2) is 9.89. The Balaban J connectivity index is 1.65. The first-order chi connectivity index (χ1) is 15.7. The van der Waals surface area contributed by atoms with E-state index in [1.54, 1.807) is 17.0 Å². The number of morpholine rings is 1. The van der Waals surface area contributed by atoms with Crippen LogP contribution in [0.25, 0.3) is 10.2 Å². The molecule has 2 aromatic carbocycles. The van der Waals surface area contributed by atoms with Gasteiger partial charge in [-0.25, -0.2) is 13.4 Å². The number of sulfone groups is 1. The van der Waals surface area contributed by atoms with Crippen LogP contribution in [0.2, 0.25) is 0 Å². The van der Waals surface area contributed by atoms with Crippen molar-refractivity contribution < 1.29 is 17.9 Å². The number of carbonyl (C=O) groups is 1. The Morgan fingerprint density at radius 3 is 2.67 bits per heavy atom. The van der Waals surface area contributed by atoms with Gasteiger partial charge < -0.3 is 4.74 Å².